The van der Waals surface area contributed by atoms with Crippen LogP contribution in [0.15, 0.2) is 47.1 Å². The van der Waals surface area contributed by atoms with Crippen LogP contribution in [0.4, 0.5) is 5.69 Å². The monoisotopic (exact) mass is 274 g/mol. The third kappa shape index (κ3) is 3.61. The zero-order chi connectivity index (χ0) is 14.4. The summed E-state index contributed by atoms with van der Waals surface area (Å²) in [6.07, 6.45) is 1.57. The summed E-state index contributed by atoms with van der Waals surface area (Å²) >= 11 is 0. The third-order valence-corrected chi connectivity index (χ3v) is 2.53. The highest BCUT2D eigenvalue weighted by atomic mass is 16.5. The zero-order valence-electron chi connectivity index (χ0n) is 10.7. The Morgan fingerprint density at radius 3 is 2.70 bits per heavy atom. The molecule has 2 aromatic rings. The van der Waals surface area contributed by atoms with Gasteiger partial charge in [-0.3, -0.25) is 4.79 Å². The summed E-state index contributed by atoms with van der Waals surface area (Å²) in [5.41, 5.74) is 5.86. The number of carbonyl (C=O) groups is 2. The van der Waals surface area contributed by atoms with Gasteiger partial charge in [-0.05, 0) is 24.3 Å². The van der Waals surface area contributed by atoms with E-state index in [4.69, 9.17) is 14.9 Å². The van der Waals surface area contributed by atoms with Gasteiger partial charge in [0.1, 0.15) is 5.76 Å². The van der Waals surface area contributed by atoms with E-state index in [0.29, 0.717) is 17.8 Å². The highest BCUT2D eigenvalue weighted by Gasteiger charge is 2.13. The molecule has 2 rings (SSSR count). The van der Waals surface area contributed by atoms with Gasteiger partial charge in [0.2, 0.25) is 0 Å². The standard InChI is InChI=1S/C14H14N2O4/c15-13(17)9-20-14(18)11-5-1-2-6-12(11)16-8-10-4-3-7-19-10/h1-7,16H,8-9H2,(H2,15,17). The quantitative estimate of drug-likeness (QED) is 0.779. The van der Waals surface area contributed by atoms with Crippen LogP contribution >= 0.6 is 0 Å². The Labute approximate surface area is 115 Å². The van der Waals surface area contributed by atoms with Gasteiger partial charge in [-0.15, -0.1) is 0 Å². The van der Waals surface area contributed by atoms with Crippen LogP contribution in [-0.4, -0.2) is 18.5 Å². The molecule has 1 heterocycles. The molecular weight excluding hydrogens is 260 g/mol. The van der Waals surface area contributed by atoms with E-state index in [1.54, 1.807) is 36.6 Å². The number of para-hydroxylation sites is 1. The number of furan rings is 1. The fraction of sp³-hybridized carbons (Fsp3) is 0.143. The lowest BCUT2D eigenvalue weighted by Gasteiger charge is -2.10. The maximum atomic E-state index is 11.8. The number of anilines is 1. The van der Waals surface area contributed by atoms with E-state index in [9.17, 15) is 9.59 Å². The zero-order valence-corrected chi connectivity index (χ0v) is 10.7. The van der Waals surface area contributed by atoms with Gasteiger partial charge >= 0.3 is 5.97 Å². The number of nitrogens with two attached hydrogens (primary N) is 1. The van der Waals surface area contributed by atoms with Crippen LogP contribution in [0.2, 0.25) is 0 Å². The maximum Gasteiger partial charge on any atom is 0.340 e. The molecule has 1 aromatic carbocycles. The molecule has 0 saturated heterocycles. The van der Waals surface area contributed by atoms with Crippen molar-refractivity contribution >= 4 is 17.6 Å². The molecule has 0 aliphatic carbocycles. The summed E-state index contributed by atoms with van der Waals surface area (Å²) in [6, 6.07) is 10.4. The lowest BCUT2D eigenvalue weighted by molar-refractivity contribution is -0.121. The number of nitrogens with one attached hydrogen (secondary N) is 1. The van der Waals surface area contributed by atoms with Gasteiger partial charge in [0.15, 0.2) is 6.61 Å². The number of hydrogen-bond acceptors (Lipinski definition) is 5. The molecule has 0 unspecified atom stereocenters. The van der Waals surface area contributed by atoms with E-state index in [2.05, 4.69) is 5.32 Å². The van der Waals surface area contributed by atoms with Crippen molar-refractivity contribution in [3.8, 4) is 0 Å². The first kappa shape index (κ1) is 13.7. The molecule has 0 spiro atoms. The lowest BCUT2D eigenvalue weighted by atomic mass is 10.2. The van der Waals surface area contributed by atoms with Crippen LogP contribution in [0.5, 0.6) is 0 Å². The summed E-state index contributed by atoms with van der Waals surface area (Å²) in [4.78, 5) is 22.5. The van der Waals surface area contributed by atoms with Crippen molar-refractivity contribution < 1.29 is 18.7 Å². The van der Waals surface area contributed by atoms with Gasteiger partial charge < -0.3 is 20.2 Å². The highest BCUT2D eigenvalue weighted by molar-refractivity contribution is 5.96. The fourth-order valence-electron chi connectivity index (χ4n) is 1.63. The number of primary amides is 1. The average molecular weight is 274 g/mol. The van der Waals surface area contributed by atoms with Crippen molar-refractivity contribution in [3.63, 3.8) is 0 Å². The summed E-state index contributed by atoms with van der Waals surface area (Å²) in [6.45, 7) is -0.00152. The van der Waals surface area contributed by atoms with Crippen molar-refractivity contribution in [1.29, 1.82) is 0 Å². The minimum Gasteiger partial charge on any atom is -0.467 e. The molecule has 104 valence electrons. The van der Waals surface area contributed by atoms with Crippen molar-refractivity contribution in [2.75, 3.05) is 11.9 Å². The van der Waals surface area contributed by atoms with Crippen molar-refractivity contribution in [2.24, 2.45) is 5.73 Å². The minimum absolute atomic E-state index is 0.334. The van der Waals surface area contributed by atoms with E-state index in [-0.39, 0.29) is 0 Å². The average Bonchev–Trinajstić information content (AvgIpc) is 2.96. The van der Waals surface area contributed by atoms with E-state index < -0.39 is 18.5 Å². The summed E-state index contributed by atoms with van der Waals surface area (Å²) in [5, 5.41) is 3.07. The van der Waals surface area contributed by atoms with Gasteiger partial charge in [-0.1, -0.05) is 12.1 Å². The Hall–Kier alpha value is -2.76. The largest absolute Gasteiger partial charge is 0.467 e. The van der Waals surface area contributed by atoms with Gasteiger partial charge in [0.05, 0.1) is 18.4 Å². The van der Waals surface area contributed by atoms with E-state index in [1.165, 1.54) is 0 Å². The SMILES string of the molecule is NC(=O)COC(=O)c1ccccc1NCc1ccco1. The Morgan fingerprint density at radius 2 is 2.00 bits per heavy atom. The predicted octanol–water partition coefficient (Wildman–Crippen LogP) is 1.53. The summed E-state index contributed by atoms with van der Waals surface area (Å²) in [5.74, 6) is -0.559. The predicted molar refractivity (Wildman–Crippen MR) is 72.0 cm³/mol. The maximum absolute atomic E-state index is 11.8. The van der Waals surface area contributed by atoms with Crippen LogP contribution in [0.25, 0.3) is 0 Å². The van der Waals surface area contributed by atoms with Crippen LogP contribution < -0.4 is 11.1 Å². The van der Waals surface area contributed by atoms with Gasteiger partial charge in [-0.2, -0.15) is 0 Å². The Bertz CT molecular complexity index is 593. The first-order chi connectivity index (χ1) is 9.66. The highest BCUT2D eigenvalue weighted by Crippen LogP contribution is 2.17. The molecule has 3 N–H and O–H groups in total. The second kappa shape index (κ2) is 6.42. The normalized spacial score (nSPS) is 10.0. The number of amides is 1. The van der Waals surface area contributed by atoms with Crippen LogP contribution in [-0.2, 0) is 16.1 Å². The molecule has 0 bridgehead atoms. The summed E-state index contributed by atoms with van der Waals surface area (Å²) < 4.78 is 9.98. The number of benzene rings is 1. The second-order valence-electron chi connectivity index (χ2n) is 4.02. The second-order valence-corrected chi connectivity index (χ2v) is 4.02. The number of esters is 1. The molecule has 1 aromatic heterocycles. The van der Waals surface area contributed by atoms with Crippen molar-refractivity contribution in [1.82, 2.24) is 0 Å². The molecule has 6 nitrogen and oxygen atoms in total. The molecule has 0 aliphatic heterocycles. The third-order valence-electron chi connectivity index (χ3n) is 2.53. The molecule has 1 amide bonds. The van der Waals surface area contributed by atoms with Crippen LogP contribution in [0, 0.1) is 0 Å². The van der Waals surface area contributed by atoms with E-state index in [1.807, 2.05) is 6.07 Å². The van der Waals surface area contributed by atoms with Crippen molar-refractivity contribution in [3.05, 3.63) is 54.0 Å². The lowest BCUT2D eigenvalue weighted by Crippen LogP contribution is -2.21. The first-order valence-corrected chi connectivity index (χ1v) is 5.97. The number of ether oxygens (including phenoxy) is 1. The Kier molecular flexibility index (Phi) is 4.39. The fourth-order valence-corrected chi connectivity index (χ4v) is 1.63. The number of hydrogen-bond donors (Lipinski definition) is 2. The molecule has 0 aliphatic rings. The molecule has 20 heavy (non-hydrogen) atoms. The topological polar surface area (TPSA) is 94.6 Å². The van der Waals surface area contributed by atoms with Crippen LogP contribution in [0.3, 0.4) is 0 Å². The van der Waals surface area contributed by atoms with E-state index >= 15 is 0 Å². The molecule has 0 radical (unpaired) electrons. The molecule has 6 heteroatoms. The molecule has 0 saturated carbocycles. The van der Waals surface area contributed by atoms with Crippen LogP contribution in [0.1, 0.15) is 16.1 Å². The molecular formula is C14H14N2O4. The van der Waals surface area contributed by atoms with Gasteiger partial charge in [-0.25, -0.2) is 4.79 Å². The summed E-state index contributed by atoms with van der Waals surface area (Å²) in [7, 11) is 0. The Balaban J connectivity index is 2.05. The van der Waals surface area contributed by atoms with Gasteiger partial charge in [0.25, 0.3) is 5.91 Å². The van der Waals surface area contributed by atoms with Gasteiger partial charge in [0, 0.05) is 5.69 Å². The van der Waals surface area contributed by atoms with E-state index in [0.717, 1.165) is 5.76 Å². The first-order valence-electron chi connectivity index (χ1n) is 5.97. The molecule has 0 atom stereocenters. The van der Waals surface area contributed by atoms with Crippen molar-refractivity contribution in [2.45, 2.75) is 6.54 Å². The number of carbonyl (C=O) groups excluding carboxylic acids is 2. The number of rotatable bonds is 6. The minimum atomic E-state index is -0.695. The smallest absolute Gasteiger partial charge is 0.340 e. The Morgan fingerprint density at radius 1 is 1.20 bits per heavy atom. The molecule has 0 fully saturated rings.